The van der Waals surface area contributed by atoms with E-state index in [-0.39, 0.29) is 17.8 Å². The van der Waals surface area contributed by atoms with Gasteiger partial charge < -0.3 is 19.4 Å². The number of nitrogens with one attached hydrogen (secondary N) is 1. The molecule has 7 heteroatoms. The van der Waals surface area contributed by atoms with E-state index in [1.165, 1.54) is 18.3 Å². The summed E-state index contributed by atoms with van der Waals surface area (Å²) in [6.07, 6.45) is 1.51. The first-order valence-corrected chi connectivity index (χ1v) is 9.80. The fourth-order valence-electron chi connectivity index (χ4n) is 3.48. The quantitative estimate of drug-likeness (QED) is 0.590. The van der Waals surface area contributed by atoms with Gasteiger partial charge in [-0.25, -0.2) is 0 Å². The Hall–Kier alpha value is -4.00. The minimum absolute atomic E-state index is 0.0497. The fraction of sp³-hybridized carbons (Fsp3) is 0.167. The predicted molar refractivity (Wildman–Crippen MR) is 119 cm³/mol. The SMILES string of the molecule is COc1ccccc1C1=C(Nc2ccc(N(C)C)cc2)C(=O)N(Cc2ccco2)C1=O. The predicted octanol–water partition coefficient (Wildman–Crippen LogP) is 3.75. The Labute approximate surface area is 180 Å². The molecule has 1 aliphatic rings. The lowest BCUT2D eigenvalue weighted by molar-refractivity contribution is -0.137. The van der Waals surface area contributed by atoms with Crippen LogP contribution in [0.4, 0.5) is 11.4 Å². The summed E-state index contributed by atoms with van der Waals surface area (Å²) in [5.41, 5.74) is 2.76. The Bertz CT molecular complexity index is 1130. The highest BCUT2D eigenvalue weighted by molar-refractivity contribution is 6.36. The molecule has 0 aliphatic carbocycles. The maximum Gasteiger partial charge on any atom is 0.278 e. The number of hydrogen-bond acceptors (Lipinski definition) is 6. The van der Waals surface area contributed by atoms with Crippen LogP contribution in [0.2, 0.25) is 0 Å². The average Bonchev–Trinajstić information content (AvgIpc) is 3.37. The third-order valence-corrected chi connectivity index (χ3v) is 5.09. The number of ether oxygens (including phenoxy) is 1. The van der Waals surface area contributed by atoms with E-state index in [1.54, 1.807) is 30.3 Å². The van der Waals surface area contributed by atoms with Crippen molar-refractivity contribution in [2.45, 2.75) is 6.54 Å². The topological polar surface area (TPSA) is 75.0 Å². The van der Waals surface area contributed by atoms with Crippen LogP contribution in [0, 0.1) is 0 Å². The Kier molecular flexibility index (Phi) is 5.49. The van der Waals surface area contributed by atoms with E-state index in [9.17, 15) is 9.59 Å². The van der Waals surface area contributed by atoms with Crippen molar-refractivity contribution < 1.29 is 18.7 Å². The maximum atomic E-state index is 13.4. The zero-order chi connectivity index (χ0) is 22.0. The lowest BCUT2D eigenvalue weighted by Gasteiger charge is -2.15. The van der Waals surface area contributed by atoms with E-state index in [4.69, 9.17) is 9.15 Å². The van der Waals surface area contributed by atoms with Gasteiger partial charge in [0.1, 0.15) is 17.2 Å². The molecular formula is C24H23N3O4. The Morgan fingerprint density at radius 1 is 0.968 bits per heavy atom. The molecule has 0 saturated carbocycles. The highest BCUT2D eigenvalue weighted by Gasteiger charge is 2.40. The molecule has 0 spiro atoms. The zero-order valence-corrected chi connectivity index (χ0v) is 17.6. The van der Waals surface area contributed by atoms with Crippen LogP contribution < -0.4 is 15.0 Å². The summed E-state index contributed by atoms with van der Waals surface area (Å²) < 4.78 is 10.8. The molecular weight excluding hydrogens is 394 g/mol. The van der Waals surface area contributed by atoms with E-state index in [1.807, 2.05) is 49.3 Å². The van der Waals surface area contributed by atoms with Gasteiger partial charge in [-0.15, -0.1) is 0 Å². The molecule has 2 aromatic carbocycles. The standard InChI is InChI=1S/C24H23N3O4/c1-26(2)17-12-10-16(11-13-17)25-22-21(19-8-4-5-9-20(19)30-3)23(28)27(24(22)29)15-18-7-6-14-31-18/h4-14,25H,15H2,1-3H3. The maximum absolute atomic E-state index is 13.4. The fourth-order valence-corrected chi connectivity index (χ4v) is 3.48. The molecule has 0 atom stereocenters. The number of hydrogen-bond donors (Lipinski definition) is 1. The molecule has 0 unspecified atom stereocenters. The van der Waals surface area contributed by atoms with Crippen molar-refractivity contribution in [1.82, 2.24) is 4.90 Å². The zero-order valence-electron chi connectivity index (χ0n) is 17.6. The lowest BCUT2D eigenvalue weighted by atomic mass is 10.0. The largest absolute Gasteiger partial charge is 0.496 e. The number of carbonyl (C=O) groups is 2. The van der Waals surface area contributed by atoms with Gasteiger partial charge >= 0.3 is 0 Å². The minimum atomic E-state index is -0.418. The summed E-state index contributed by atoms with van der Waals surface area (Å²) in [6.45, 7) is 0.0497. The Morgan fingerprint density at radius 3 is 2.35 bits per heavy atom. The minimum Gasteiger partial charge on any atom is -0.496 e. The Morgan fingerprint density at radius 2 is 1.71 bits per heavy atom. The molecule has 31 heavy (non-hydrogen) atoms. The van der Waals surface area contributed by atoms with Crippen molar-refractivity contribution in [2.75, 3.05) is 31.4 Å². The monoisotopic (exact) mass is 417 g/mol. The molecule has 1 aliphatic heterocycles. The van der Waals surface area contributed by atoms with Crippen LogP contribution in [0.25, 0.3) is 5.57 Å². The number of amides is 2. The second kappa shape index (κ2) is 8.39. The molecule has 0 radical (unpaired) electrons. The molecule has 1 N–H and O–H groups in total. The van der Waals surface area contributed by atoms with Gasteiger partial charge in [-0.05, 0) is 42.5 Å². The normalized spacial score (nSPS) is 13.7. The lowest BCUT2D eigenvalue weighted by Crippen LogP contribution is -2.31. The molecule has 0 saturated heterocycles. The number of furan rings is 1. The number of para-hydroxylation sites is 1. The average molecular weight is 417 g/mol. The van der Waals surface area contributed by atoms with Gasteiger partial charge in [-0.3, -0.25) is 14.5 Å². The van der Waals surface area contributed by atoms with Crippen LogP contribution in [0.15, 0.2) is 77.0 Å². The summed E-state index contributed by atoms with van der Waals surface area (Å²) in [5.74, 6) is 0.218. The first kappa shape index (κ1) is 20.3. The van der Waals surface area contributed by atoms with Gasteiger partial charge in [0.25, 0.3) is 11.8 Å². The molecule has 1 aromatic heterocycles. The third-order valence-electron chi connectivity index (χ3n) is 5.09. The van der Waals surface area contributed by atoms with Crippen molar-refractivity contribution in [3.63, 3.8) is 0 Å². The van der Waals surface area contributed by atoms with Crippen molar-refractivity contribution in [2.24, 2.45) is 0 Å². The number of rotatable bonds is 7. The number of anilines is 2. The van der Waals surface area contributed by atoms with Crippen LogP contribution in [0.5, 0.6) is 5.75 Å². The van der Waals surface area contributed by atoms with E-state index in [0.29, 0.717) is 22.8 Å². The van der Waals surface area contributed by atoms with E-state index >= 15 is 0 Å². The van der Waals surface area contributed by atoms with E-state index < -0.39 is 11.8 Å². The highest BCUT2D eigenvalue weighted by Crippen LogP contribution is 2.36. The molecule has 2 heterocycles. The number of imide groups is 1. The summed E-state index contributed by atoms with van der Waals surface area (Å²) in [4.78, 5) is 29.8. The number of nitrogens with zero attached hydrogens (tertiary/aromatic N) is 2. The van der Waals surface area contributed by atoms with Crippen LogP contribution in [-0.4, -0.2) is 37.9 Å². The second-order valence-electron chi connectivity index (χ2n) is 7.29. The van der Waals surface area contributed by atoms with Crippen molar-refractivity contribution >= 4 is 28.8 Å². The molecule has 3 aromatic rings. The van der Waals surface area contributed by atoms with Gasteiger partial charge in [0.2, 0.25) is 0 Å². The first-order valence-electron chi connectivity index (χ1n) is 9.80. The molecule has 0 fully saturated rings. The van der Waals surface area contributed by atoms with Gasteiger partial charge in [0, 0.05) is 31.0 Å². The first-order chi connectivity index (χ1) is 15.0. The third kappa shape index (κ3) is 3.90. The number of methoxy groups -OCH3 is 1. The molecule has 0 bridgehead atoms. The van der Waals surface area contributed by atoms with Gasteiger partial charge in [0.15, 0.2) is 0 Å². The summed E-state index contributed by atoms with van der Waals surface area (Å²) >= 11 is 0. The van der Waals surface area contributed by atoms with Gasteiger partial charge in [-0.2, -0.15) is 0 Å². The summed E-state index contributed by atoms with van der Waals surface area (Å²) in [6, 6.07) is 18.2. The molecule has 158 valence electrons. The van der Waals surface area contributed by atoms with Crippen LogP contribution in [-0.2, 0) is 16.1 Å². The summed E-state index contributed by atoms with van der Waals surface area (Å²) in [5, 5.41) is 3.16. The van der Waals surface area contributed by atoms with Crippen LogP contribution >= 0.6 is 0 Å². The summed E-state index contributed by atoms with van der Waals surface area (Å²) in [7, 11) is 5.45. The van der Waals surface area contributed by atoms with Crippen LogP contribution in [0.3, 0.4) is 0 Å². The number of benzene rings is 2. The smallest absolute Gasteiger partial charge is 0.278 e. The van der Waals surface area contributed by atoms with Crippen molar-refractivity contribution in [3.05, 3.63) is 83.9 Å². The second-order valence-corrected chi connectivity index (χ2v) is 7.29. The molecule has 2 amide bonds. The highest BCUT2D eigenvalue weighted by atomic mass is 16.5. The number of carbonyl (C=O) groups excluding carboxylic acids is 2. The molecule has 7 nitrogen and oxygen atoms in total. The van der Waals surface area contributed by atoms with Crippen LogP contribution in [0.1, 0.15) is 11.3 Å². The molecule has 4 rings (SSSR count). The van der Waals surface area contributed by atoms with Crippen molar-refractivity contribution in [1.29, 1.82) is 0 Å². The Balaban J connectivity index is 1.76. The van der Waals surface area contributed by atoms with E-state index in [0.717, 1.165) is 5.69 Å². The van der Waals surface area contributed by atoms with Gasteiger partial charge in [-0.1, -0.05) is 18.2 Å². The van der Waals surface area contributed by atoms with E-state index in [2.05, 4.69) is 5.32 Å². The van der Waals surface area contributed by atoms with Gasteiger partial charge in [0.05, 0.1) is 25.5 Å². The van der Waals surface area contributed by atoms with Crippen molar-refractivity contribution in [3.8, 4) is 5.75 Å².